The topological polar surface area (TPSA) is 81.4 Å². The Morgan fingerprint density at radius 2 is 2.00 bits per heavy atom. The van der Waals surface area contributed by atoms with Crippen molar-refractivity contribution in [1.82, 2.24) is 10.3 Å². The maximum Gasteiger partial charge on any atom is 0.339 e. The molecule has 0 fully saturated rings. The Morgan fingerprint density at radius 1 is 1.22 bits per heavy atom. The molecule has 0 aliphatic heterocycles. The van der Waals surface area contributed by atoms with Crippen LogP contribution in [0, 0.1) is 6.92 Å². The molecule has 0 saturated carbocycles. The summed E-state index contributed by atoms with van der Waals surface area (Å²) < 4.78 is 10.6. The normalized spacial score (nSPS) is 12.0. The summed E-state index contributed by atoms with van der Waals surface area (Å²) in [6, 6.07) is 10.9. The first-order valence-corrected chi connectivity index (χ1v) is 8.90. The number of esters is 1. The van der Waals surface area contributed by atoms with Crippen molar-refractivity contribution >= 4 is 22.8 Å². The Kier molecular flexibility index (Phi) is 5.54. The van der Waals surface area contributed by atoms with Crippen LogP contribution in [0.4, 0.5) is 0 Å². The van der Waals surface area contributed by atoms with Crippen molar-refractivity contribution < 1.29 is 18.7 Å². The molecular weight excluding hydrogens is 344 g/mol. The van der Waals surface area contributed by atoms with Gasteiger partial charge in [0.25, 0.3) is 5.91 Å². The number of ether oxygens (including phenoxy) is 1. The van der Waals surface area contributed by atoms with Crippen molar-refractivity contribution in [2.45, 2.75) is 39.8 Å². The Balaban J connectivity index is 1.79. The molecule has 0 bridgehead atoms. The van der Waals surface area contributed by atoms with Gasteiger partial charge in [0.2, 0.25) is 0 Å². The number of carbonyl (C=O) groups is 2. The standard InChI is InChI=1S/C21H22N2O4/c1-4-17-13(2)19(16-9-5-6-10-18(16)23-17)21(25)27-14(3)20(24)22-12-15-8-7-11-26-15/h5-11,14H,4,12H2,1-3H3,(H,22,24)/t14-/m1/s1. The number of carbonyl (C=O) groups excluding carboxylic acids is 2. The molecule has 27 heavy (non-hydrogen) atoms. The number of amides is 1. The summed E-state index contributed by atoms with van der Waals surface area (Å²) >= 11 is 0. The molecule has 0 aliphatic carbocycles. The van der Waals surface area contributed by atoms with Gasteiger partial charge in [0, 0.05) is 11.1 Å². The third-order valence-corrected chi connectivity index (χ3v) is 4.45. The number of fused-ring (bicyclic) bond motifs is 1. The van der Waals surface area contributed by atoms with Crippen molar-refractivity contribution in [3.05, 3.63) is 65.2 Å². The highest BCUT2D eigenvalue weighted by Crippen LogP contribution is 2.24. The molecule has 0 aliphatic rings. The molecule has 0 spiro atoms. The van der Waals surface area contributed by atoms with Crippen LogP contribution in [-0.4, -0.2) is 23.0 Å². The smallest absolute Gasteiger partial charge is 0.339 e. The molecule has 1 N–H and O–H groups in total. The molecule has 1 atom stereocenters. The molecule has 1 aromatic carbocycles. The van der Waals surface area contributed by atoms with Crippen LogP contribution in [0.15, 0.2) is 47.1 Å². The van der Waals surface area contributed by atoms with E-state index in [0.717, 1.165) is 22.2 Å². The fourth-order valence-electron chi connectivity index (χ4n) is 2.97. The molecule has 1 amide bonds. The fraction of sp³-hybridized carbons (Fsp3) is 0.286. The molecule has 3 aromatic rings. The van der Waals surface area contributed by atoms with Crippen LogP contribution in [0.5, 0.6) is 0 Å². The van der Waals surface area contributed by atoms with E-state index in [1.807, 2.05) is 38.1 Å². The minimum atomic E-state index is -0.927. The lowest BCUT2D eigenvalue weighted by atomic mass is 10.0. The number of para-hydroxylation sites is 1. The highest BCUT2D eigenvalue weighted by atomic mass is 16.5. The Hall–Kier alpha value is -3.15. The first-order chi connectivity index (χ1) is 13.0. The van der Waals surface area contributed by atoms with Crippen LogP contribution in [0.3, 0.4) is 0 Å². The number of aryl methyl sites for hydroxylation is 1. The third-order valence-electron chi connectivity index (χ3n) is 4.45. The predicted octanol–water partition coefficient (Wildman–Crippen LogP) is 3.56. The van der Waals surface area contributed by atoms with E-state index in [2.05, 4.69) is 10.3 Å². The van der Waals surface area contributed by atoms with Gasteiger partial charge in [-0.1, -0.05) is 25.1 Å². The number of aromatic nitrogens is 1. The van der Waals surface area contributed by atoms with Crippen LogP contribution >= 0.6 is 0 Å². The average Bonchev–Trinajstić information content (AvgIpc) is 3.18. The van der Waals surface area contributed by atoms with Crippen molar-refractivity contribution in [1.29, 1.82) is 0 Å². The third kappa shape index (κ3) is 4.00. The van der Waals surface area contributed by atoms with Crippen molar-refractivity contribution in [2.24, 2.45) is 0 Å². The zero-order valence-electron chi connectivity index (χ0n) is 15.6. The van der Waals surface area contributed by atoms with Crippen LogP contribution in [-0.2, 0) is 22.5 Å². The maximum atomic E-state index is 12.8. The Morgan fingerprint density at radius 3 is 2.70 bits per heavy atom. The van der Waals surface area contributed by atoms with Gasteiger partial charge in [0.15, 0.2) is 6.10 Å². The molecule has 0 saturated heterocycles. The summed E-state index contributed by atoms with van der Waals surface area (Å²) in [5.41, 5.74) is 2.82. The van der Waals surface area contributed by atoms with Gasteiger partial charge in [-0.2, -0.15) is 0 Å². The van der Waals surface area contributed by atoms with E-state index in [-0.39, 0.29) is 12.5 Å². The first-order valence-electron chi connectivity index (χ1n) is 8.90. The SMILES string of the molecule is CCc1nc2ccccc2c(C(=O)O[C@H](C)C(=O)NCc2ccco2)c1C. The van der Waals surface area contributed by atoms with Gasteiger partial charge in [-0.3, -0.25) is 9.78 Å². The van der Waals surface area contributed by atoms with Crippen molar-refractivity contribution in [2.75, 3.05) is 0 Å². The van der Waals surface area contributed by atoms with Gasteiger partial charge in [0.05, 0.1) is 23.9 Å². The Bertz CT molecular complexity index is 964. The van der Waals surface area contributed by atoms with Crippen molar-refractivity contribution in [3.8, 4) is 0 Å². The molecule has 140 valence electrons. The minimum absolute atomic E-state index is 0.241. The summed E-state index contributed by atoms with van der Waals surface area (Å²) in [7, 11) is 0. The van der Waals surface area contributed by atoms with E-state index in [9.17, 15) is 9.59 Å². The Labute approximate surface area is 157 Å². The molecule has 2 heterocycles. The number of nitrogens with zero attached hydrogens (tertiary/aromatic N) is 1. The number of hydrogen-bond acceptors (Lipinski definition) is 5. The van der Waals surface area contributed by atoms with Crippen LogP contribution in [0.2, 0.25) is 0 Å². The highest BCUT2D eigenvalue weighted by Gasteiger charge is 2.23. The molecule has 6 heteroatoms. The number of pyridine rings is 1. The van der Waals surface area contributed by atoms with Gasteiger partial charge in [-0.15, -0.1) is 0 Å². The molecule has 0 radical (unpaired) electrons. The van der Waals surface area contributed by atoms with Gasteiger partial charge in [-0.25, -0.2) is 4.79 Å². The number of nitrogens with one attached hydrogen (secondary N) is 1. The van der Waals surface area contributed by atoms with Gasteiger partial charge < -0.3 is 14.5 Å². The zero-order chi connectivity index (χ0) is 19.4. The maximum absolute atomic E-state index is 12.8. The largest absolute Gasteiger partial charge is 0.467 e. The molecule has 2 aromatic heterocycles. The summed E-state index contributed by atoms with van der Waals surface area (Å²) in [5, 5.41) is 3.42. The molecule has 0 unspecified atom stereocenters. The average molecular weight is 366 g/mol. The second kappa shape index (κ2) is 8.03. The number of furan rings is 1. The lowest BCUT2D eigenvalue weighted by molar-refractivity contribution is -0.129. The van der Waals surface area contributed by atoms with Crippen LogP contribution < -0.4 is 5.32 Å². The summed E-state index contributed by atoms with van der Waals surface area (Å²) in [4.78, 5) is 29.7. The minimum Gasteiger partial charge on any atom is -0.467 e. The van der Waals surface area contributed by atoms with E-state index in [0.29, 0.717) is 17.7 Å². The summed E-state index contributed by atoms with van der Waals surface area (Å²) in [6.07, 6.45) is 1.31. The van der Waals surface area contributed by atoms with E-state index >= 15 is 0 Å². The fourth-order valence-corrected chi connectivity index (χ4v) is 2.97. The van der Waals surface area contributed by atoms with E-state index in [1.54, 1.807) is 19.1 Å². The summed E-state index contributed by atoms with van der Waals surface area (Å²) in [6.45, 7) is 5.64. The highest BCUT2D eigenvalue weighted by molar-refractivity contribution is 6.05. The van der Waals surface area contributed by atoms with Gasteiger partial charge >= 0.3 is 5.97 Å². The number of benzene rings is 1. The van der Waals surface area contributed by atoms with Crippen LogP contribution in [0.1, 0.15) is 41.2 Å². The van der Waals surface area contributed by atoms with E-state index in [4.69, 9.17) is 9.15 Å². The lowest BCUT2D eigenvalue weighted by Gasteiger charge is -2.16. The predicted molar refractivity (Wildman–Crippen MR) is 101 cm³/mol. The van der Waals surface area contributed by atoms with E-state index < -0.39 is 12.1 Å². The van der Waals surface area contributed by atoms with Gasteiger partial charge in [0.1, 0.15) is 5.76 Å². The molecule has 6 nitrogen and oxygen atoms in total. The van der Waals surface area contributed by atoms with Gasteiger partial charge in [-0.05, 0) is 44.0 Å². The molecule has 3 rings (SSSR count). The molecular formula is C21H22N2O4. The van der Waals surface area contributed by atoms with Crippen LogP contribution in [0.25, 0.3) is 10.9 Å². The second-order valence-corrected chi connectivity index (χ2v) is 6.27. The number of rotatable bonds is 6. The quantitative estimate of drug-likeness (QED) is 0.675. The van der Waals surface area contributed by atoms with E-state index in [1.165, 1.54) is 6.26 Å². The zero-order valence-corrected chi connectivity index (χ0v) is 15.6. The second-order valence-electron chi connectivity index (χ2n) is 6.27. The first kappa shape index (κ1) is 18.6. The van der Waals surface area contributed by atoms with Crippen molar-refractivity contribution in [3.63, 3.8) is 0 Å². The monoisotopic (exact) mass is 366 g/mol. The lowest BCUT2D eigenvalue weighted by Crippen LogP contribution is -2.35. The number of hydrogen-bond donors (Lipinski definition) is 1. The summed E-state index contributed by atoms with van der Waals surface area (Å²) in [5.74, 6) is -0.279.